The molecule has 0 unspecified atom stereocenters. The maximum atomic E-state index is 11.0. The molecular weight excluding hydrogens is 156 g/mol. The van der Waals surface area contributed by atoms with Gasteiger partial charge in [-0.1, -0.05) is 0 Å². The van der Waals surface area contributed by atoms with Crippen LogP contribution in [0.15, 0.2) is 16.3 Å². The summed E-state index contributed by atoms with van der Waals surface area (Å²) in [6.07, 6.45) is 0. The fraction of sp³-hybridized carbons (Fsp3) is 0.375. The minimum Gasteiger partial charge on any atom is -0.463 e. The maximum absolute atomic E-state index is 11.0. The first-order valence-corrected chi connectivity index (χ1v) is 3.42. The maximum Gasteiger partial charge on any atom is 0.336 e. The summed E-state index contributed by atoms with van der Waals surface area (Å²) in [6.45, 7) is 6.61. The fourth-order valence-corrected chi connectivity index (χ4v) is 0.574. The summed E-state index contributed by atoms with van der Waals surface area (Å²) in [5, 5.41) is 8.46. The smallest absolute Gasteiger partial charge is 0.336 e. The van der Waals surface area contributed by atoms with Crippen molar-refractivity contribution in [2.24, 2.45) is 4.99 Å². The number of allylic oxidation sites excluding steroid dienone is 1. The van der Waals surface area contributed by atoms with Crippen LogP contribution in [0.4, 0.5) is 0 Å². The van der Waals surface area contributed by atoms with Gasteiger partial charge < -0.3 is 4.74 Å². The Kier molecular flexibility index (Phi) is 4.39. The monoisotopic (exact) mass is 166 g/mol. The number of rotatable bonds is 3. The van der Waals surface area contributed by atoms with E-state index in [-0.39, 0.29) is 17.9 Å². The number of carbonyl (C=O) groups is 1. The second-order valence-corrected chi connectivity index (χ2v) is 1.96. The van der Waals surface area contributed by atoms with E-state index >= 15 is 0 Å². The SMILES string of the molecule is C=N/C(C#N)=C(\C)C(=O)OCC. The Morgan fingerprint density at radius 3 is 2.67 bits per heavy atom. The molecule has 4 nitrogen and oxygen atoms in total. The molecule has 0 amide bonds. The topological polar surface area (TPSA) is 62.5 Å². The first-order valence-electron chi connectivity index (χ1n) is 3.42. The summed E-state index contributed by atoms with van der Waals surface area (Å²) in [5.74, 6) is -0.526. The highest BCUT2D eigenvalue weighted by molar-refractivity contribution is 5.89. The third-order valence-corrected chi connectivity index (χ3v) is 1.20. The number of aliphatic imine (C=N–C) groups is 1. The molecular formula is C8H10N2O2. The molecule has 0 aliphatic rings. The highest BCUT2D eigenvalue weighted by atomic mass is 16.5. The van der Waals surface area contributed by atoms with Crippen molar-refractivity contribution in [3.8, 4) is 6.07 Å². The minimum atomic E-state index is -0.526. The van der Waals surface area contributed by atoms with Crippen LogP contribution in [0.3, 0.4) is 0 Å². The van der Waals surface area contributed by atoms with Gasteiger partial charge in [0.2, 0.25) is 0 Å². The lowest BCUT2D eigenvalue weighted by molar-refractivity contribution is -0.138. The zero-order valence-electron chi connectivity index (χ0n) is 7.13. The quantitative estimate of drug-likeness (QED) is 0.272. The highest BCUT2D eigenvalue weighted by Gasteiger charge is 2.09. The van der Waals surface area contributed by atoms with Crippen molar-refractivity contribution < 1.29 is 9.53 Å². The minimum absolute atomic E-state index is 0.00782. The van der Waals surface area contributed by atoms with E-state index in [1.165, 1.54) is 6.92 Å². The standard InChI is InChI=1S/C8H10N2O2/c1-4-12-8(11)6(2)7(5-9)10-3/h3-4H2,1-2H3/b7-6+. The number of hydrogen-bond donors (Lipinski definition) is 0. The Morgan fingerprint density at radius 1 is 1.75 bits per heavy atom. The van der Waals surface area contributed by atoms with E-state index in [4.69, 9.17) is 5.26 Å². The lowest BCUT2D eigenvalue weighted by Crippen LogP contribution is -2.06. The van der Waals surface area contributed by atoms with Crippen molar-refractivity contribution >= 4 is 12.7 Å². The van der Waals surface area contributed by atoms with Crippen LogP contribution >= 0.6 is 0 Å². The number of esters is 1. The zero-order valence-corrected chi connectivity index (χ0v) is 7.13. The van der Waals surface area contributed by atoms with Gasteiger partial charge in [0.1, 0.15) is 11.8 Å². The molecule has 0 bridgehead atoms. The van der Waals surface area contributed by atoms with Crippen molar-refractivity contribution in [2.45, 2.75) is 13.8 Å². The normalized spacial score (nSPS) is 11.1. The van der Waals surface area contributed by atoms with Crippen LogP contribution in [0.5, 0.6) is 0 Å². The molecule has 0 N–H and O–H groups in total. The Balaban J connectivity index is 4.65. The van der Waals surface area contributed by atoms with Crippen LogP contribution < -0.4 is 0 Å². The average molecular weight is 166 g/mol. The van der Waals surface area contributed by atoms with E-state index in [1.54, 1.807) is 13.0 Å². The van der Waals surface area contributed by atoms with Gasteiger partial charge in [-0.3, -0.25) is 4.99 Å². The van der Waals surface area contributed by atoms with Crippen molar-refractivity contribution in [3.05, 3.63) is 11.3 Å². The van der Waals surface area contributed by atoms with E-state index in [9.17, 15) is 4.79 Å². The molecule has 0 aromatic rings. The van der Waals surface area contributed by atoms with E-state index in [0.717, 1.165) is 0 Å². The Morgan fingerprint density at radius 2 is 2.33 bits per heavy atom. The zero-order chi connectivity index (χ0) is 9.56. The van der Waals surface area contributed by atoms with Crippen molar-refractivity contribution in [2.75, 3.05) is 6.61 Å². The van der Waals surface area contributed by atoms with Crippen LogP contribution in [0.1, 0.15) is 13.8 Å². The molecule has 0 atom stereocenters. The van der Waals surface area contributed by atoms with E-state index in [2.05, 4.69) is 16.4 Å². The molecule has 0 spiro atoms. The Bertz CT molecular complexity index is 261. The molecule has 0 fully saturated rings. The number of ether oxygens (including phenoxy) is 1. The van der Waals surface area contributed by atoms with Crippen LogP contribution in [-0.2, 0) is 9.53 Å². The fourth-order valence-electron chi connectivity index (χ4n) is 0.574. The Hall–Kier alpha value is -1.63. The average Bonchev–Trinajstić information content (AvgIpc) is 2.07. The van der Waals surface area contributed by atoms with E-state index in [0.29, 0.717) is 0 Å². The van der Waals surface area contributed by atoms with Crippen LogP contribution in [0, 0.1) is 11.3 Å². The molecule has 0 rings (SSSR count). The summed E-state index contributed by atoms with van der Waals surface area (Å²) in [5.41, 5.74) is 0.197. The van der Waals surface area contributed by atoms with Gasteiger partial charge in [-0.05, 0) is 20.6 Å². The van der Waals surface area contributed by atoms with Gasteiger partial charge >= 0.3 is 5.97 Å². The van der Waals surface area contributed by atoms with Crippen LogP contribution in [0.25, 0.3) is 0 Å². The van der Waals surface area contributed by atoms with E-state index in [1.807, 2.05) is 0 Å². The van der Waals surface area contributed by atoms with Crippen molar-refractivity contribution in [1.29, 1.82) is 5.26 Å². The van der Waals surface area contributed by atoms with Crippen LogP contribution in [0.2, 0.25) is 0 Å². The number of hydrogen-bond acceptors (Lipinski definition) is 4. The molecule has 0 saturated heterocycles. The van der Waals surface area contributed by atoms with Gasteiger partial charge in [-0.2, -0.15) is 5.26 Å². The highest BCUT2D eigenvalue weighted by Crippen LogP contribution is 2.05. The summed E-state index contributed by atoms with van der Waals surface area (Å²) in [6, 6.07) is 1.74. The number of nitriles is 1. The first-order chi connectivity index (χ1) is 5.67. The predicted octanol–water partition coefficient (Wildman–Crippen LogP) is 1.05. The Labute approximate surface area is 71.2 Å². The van der Waals surface area contributed by atoms with Gasteiger partial charge in [0.15, 0.2) is 0 Å². The third kappa shape index (κ3) is 2.54. The van der Waals surface area contributed by atoms with Gasteiger partial charge in [0.25, 0.3) is 0 Å². The molecule has 64 valence electrons. The number of carbonyl (C=O) groups excluding carboxylic acids is 1. The van der Waals surface area contributed by atoms with Gasteiger partial charge in [-0.25, -0.2) is 4.79 Å². The first kappa shape index (κ1) is 10.4. The second kappa shape index (κ2) is 5.08. The van der Waals surface area contributed by atoms with Crippen molar-refractivity contribution in [3.63, 3.8) is 0 Å². The molecule has 4 heteroatoms. The summed E-state index contributed by atoms with van der Waals surface area (Å²) < 4.78 is 4.65. The lowest BCUT2D eigenvalue weighted by Gasteiger charge is -2.00. The largest absolute Gasteiger partial charge is 0.463 e. The summed E-state index contributed by atoms with van der Waals surface area (Å²) in [4.78, 5) is 14.4. The second-order valence-electron chi connectivity index (χ2n) is 1.96. The molecule has 12 heavy (non-hydrogen) atoms. The van der Waals surface area contributed by atoms with E-state index < -0.39 is 5.97 Å². The predicted molar refractivity (Wildman–Crippen MR) is 44.5 cm³/mol. The van der Waals surface area contributed by atoms with Crippen molar-refractivity contribution in [1.82, 2.24) is 0 Å². The van der Waals surface area contributed by atoms with Gasteiger partial charge in [-0.15, -0.1) is 0 Å². The molecule has 0 aliphatic carbocycles. The van der Waals surface area contributed by atoms with Gasteiger partial charge in [0.05, 0.1) is 12.2 Å². The number of nitrogens with zero attached hydrogens (tertiary/aromatic N) is 2. The summed E-state index contributed by atoms with van der Waals surface area (Å²) in [7, 11) is 0. The third-order valence-electron chi connectivity index (χ3n) is 1.20. The molecule has 0 aromatic heterocycles. The molecule has 0 saturated carbocycles. The van der Waals surface area contributed by atoms with Gasteiger partial charge in [0, 0.05) is 0 Å². The molecule has 0 aromatic carbocycles. The van der Waals surface area contributed by atoms with Crippen LogP contribution in [-0.4, -0.2) is 19.3 Å². The molecule has 0 aliphatic heterocycles. The lowest BCUT2D eigenvalue weighted by atomic mass is 10.2. The summed E-state index contributed by atoms with van der Waals surface area (Å²) >= 11 is 0. The molecule has 0 heterocycles. The molecule has 0 radical (unpaired) electrons.